The van der Waals surface area contributed by atoms with Gasteiger partial charge < -0.3 is 20.5 Å². The molecule has 0 spiro atoms. The van der Waals surface area contributed by atoms with Gasteiger partial charge in [0.15, 0.2) is 0 Å². The van der Waals surface area contributed by atoms with Crippen molar-refractivity contribution in [2.45, 2.75) is 62.9 Å². The summed E-state index contributed by atoms with van der Waals surface area (Å²) >= 11 is 0. The normalized spacial score (nSPS) is 25.0. The number of hydrogen-bond acceptors (Lipinski definition) is 4. The number of carbonyl (C=O) groups excluding carboxylic acids is 2. The summed E-state index contributed by atoms with van der Waals surface area (Å²) in [6.45, 7) is 0.247. The van der Waals surface area contributed by atoms with Crippen molar-refractivity contribution < 1.29 is 24.2 Å². The average molecular weight is 477 g/mol. The molecule has 0 heterocycles. The van der Waals surface area contributed by atoms with Gasteiger partial charge in [0.25, 0.3) is 0 Å². The van der Waals surface area contributed by atoms with Crippen molar-refractivity contribution in [2.75, 3.05) is 6.61 Å². The summed E-state index contributed by atoms with van der Waals surface area (Å²) in [7, 11) is 0. The molecule has 2 saturated carbocycles. The number of hydrogen-bond donors (Lipinski definition) is 3. The van der Waals surface area contributed by atoms with Crippen molar-refractivity contribution in [1.82, 2.24) is 10.6 Å². The fourth-order valence-electron chi connectivity index (χ4n) is 6.18. The van der Waals surface area contributed by atoms with Gasteiger partial charge in [0, 0.05) is 24.4 Å². The molecule has 0 aromatic heterocycles. The lowest BCUT2D eigenvalue weighted by molar-refractivity contribution is -0.138. The first kappa shape index (κ1) is 23.4. The SMILES string of the molecule is O=C(O)CC1CCC(NC(=O)[C@H]2CCC[C@H]2NC(=O)OCC2c3ccccc3-c3ccccc32)C1. The summed E-state index contributed by atoms with van der Waals surface area (Å²) in [6.07, 6.45) is 4.35. The summed E-state index contributed by atoms with van der Waals surface area (Å²) in [4.78, 5) is 36.6. The van der Waals surface area contributed by atoms with Gasteiger partial charge in [-0.05, 0) is 60.3 Å². The lowest BCUT2D eigenvalue weighted by Crippen LogP contribution is -2.46. The van der Waals surface area contributed by atoms with Crippen LogP contribution in [0.1, 0.15) is 62.0 Å². The second kappa shape index (κ2) is 10.1. The molecule has 2 aromatic carbocycles. The molecule has 184 valence electrons. The van der Waals surface area contributed by atoms with Crippen LogP contribution in [0.5, 0.6) is 0 Å². The standard InChI is InChI=1S/C28H32N2O5/c31-26(32)15-17-12-13-18(14-17)29-27(33)23-10-5-11-25(23)30-28(34)35-16-24-21-8-3-1-6-19(21)20-7-2-4-9-22(20)24/h1-4,6-9,17-18,23-25H,5,10-16H2,(H,29,33)(H,30,34)(H,31,32)/t17?,18?,23-,25+/m0/s1. The second-order valence-corrected chi connectivity index (χ2v) is 10.1. The van der Waals surface area contributed by atoms with E-state index in [0.717, 1.165) is 43.2 Å². The maximum Gasteiger partial charge on any atom is 0.407 e. The van der Waals surface area contributed by atoms with Crippen molar-refractivity contribution in [3.05, 3.63) is 59.7 Å². The number of rotatable bonds is 7. The number of carboxylic acids is 1. The number of benzene rings is 2. The van der Waals surface area contributed by atoms with E-state index in [2.05, 4.69) is 34.9 Å². The van der Waals surface area contributed by atoms with Crippen LogP contribution in [0.4, 0.5) is 4.79 Å². The molecule has 4 atom stereocenters. The summed E-state index contributed by atoms with van der Waals surface area (Å²) in [5.41, 5.74) is 4.69. The predicted molar refractivity (Wildman–Crippen MR) is 131 cm³/mol. The van der Waals surface area contributed by atoms with Crippen molar-refractivity contribution in [3.63, 3.8) is 0 Å². The minimum atomic E-state index is -0.787. The van der Waals surface area contributed by atoms with E-state index < -0.39 is 12.1 Å². The molecule has 3 N–H and O–H groups in total. The molecule has 7 nitrogen and oxygen atoms in total. The summed E-state index contributed by atoms with van der Waals surface area (Å²) in [5, 5.41) is 15.0. The highest BCUT2D eigenvalue weighted by atomic mass is 16.5. The Morgan fingerprint density at radius 3 is 2.26 bits per heavy atom. The molecule has 5 rings (SSSR count). The lowest BCUT2D eigenvalue weighted by Gasteiger charge is -2.23. The smallest absolute Gasteiger partial charge is 0.407 e. The molecule has 2 fully saturated rings. The Hall–Kier alpha value is -3.35. The van der Waals surface area contributed by atoms with Crippen LogP contribution < -0.4 is 10.6 Å². The van der Waals surface area contributed by atoms with Gasteiger partial charge in [-0.2, -0.15) is 0 Å². The Bertz CT molecular complexity index is 1070. The number of alkyl carbamates (subject to hydrolysis) is 1. The van der Waals surface area contributed by atoms with Crippen molar-refractivity contribution in [1.29, 1.82) is 0 Å². The fraction of sp³-hybridized carbons (Fsp3) is 0.464. The van der Waals surface area contributed by atoms with Gasteiger partial charge in [0.1, 0.15) is 6.61 Å². The summed E-state index contributed by atoms with van der Waals surface area (Å²) in [5.74, 6) is -1.00. The van der Waals surface area contributed by atoms with Crippen LogP contribution in [0.2, 0.25) is 0 Å². The number of carboxylic acid groups (broad SMARTS) is 1. The number of ether oxygens (including phenoxy) is 1. The van der Waals surface area contributed by atoms with Gasteiger partial charge >= 0.3 is 12.1 Å². The predicted octanol–water partition coefficient (Wildman–Crippen LogP) is 4.45. The molecule has 2 amide bonds. The van der Waals surface area contributed by atoms with E-state index in [1.807, 2.05) is 24.3 Å². The highest BCUT2D eigenvalue weighted by Gasteiger charge is 2.37. The molecule has 0 saturated heterocycles. The molecule has 0 radical (unpaired) electrons. The lowest BCUT2D eigenvalue weighted by atomic mass is 9.98. The largest absolute Gasteiger partial charge is 0.481 e. The van der Waals surface area contributed by atoms with Gasteiger partial charge in [0.05, 0.1) is 5.92 Å². The van der Waals surface area contributed by atoms with E-state index in [1.165, 1.54) is 11.1 Å². The minimum Gasteiger partial charge on any atom is -0.481 e. The van der Waals surface area contributed by atoms with Crippen LogP contribution in [0.15, 0.2) is 48.5 Å². The first-order valence-corrected chi connectivity index (χ1v) is 12.6. The Kier molecular flexibility index (Phi) is 6.75. The third-order valence-corrected chi connectivity index (χ3v) is 7.85. The summed E-state index contributed by atoms with van der Waals surface area (Å²) in [6, 6.07) is 16.2. The fourth-order valence-corrected chi connectivity index (χ4v) is 6.18. The molecule has 7 heteroatoms. The van der Waals surface area contributed by atoms with Crippen LogP contribution in [0.3, 0.4) is 0 Å². The molecule has 2 unspecified atom stereocenters. The monoisotopic (exact) mass is 476 g/mol. The third kappa shape index (κ3) is 5.04. The van der Waals surface area contributed by atoms with Gasteiger partial charge in [-0.15, -0.1) is 0 Å². The quantitative estimate of drug-likeness (QED) is 0.548. The number of fused-ring (bicyclic) bond motifs is 3. The van der Waals surface area contributed by atoms with Crippen molar-refractivity contribution in [2.24, 2.45) is 11.8 Å². The first-order chi connectivity index (χ1) is 17.0. The van der Waals surface area contributed by atoms with Crippen LogP contribution in [-0.4, -0.2) is 41.8 Å². The van der Waals surface area contributed by atoms with Crippen molar-refractivity contribution >= 4 is 18.0 Å². The maximum atomic E-state index is 12.9. The van der Waals surface area contributed by atoms with Crippen LogP contribution in [0.25, 0.3) is 11.1 Å². The number of amides is 2. The molecule has 0 bridgehead atoms. The molecule has 35 heavy (non-hydrogen) atoms. The van der Waals surface area contributed by atoms with E-state index in [1.54, 1.807) is 0 Å². The maximum absolute atomic E-state index is 12.9. The van der Waals surface area contributed by atoms with E-state index in [4.69, 9.17) is 9.84 Å². The zero-order chi connectivity index (χ0) is 24.4. The Labute approximate surface area is 205 Å². The van der Waals surface area contributed by atoms with Crippen molar-refractivity contribution in [3.8, 4) is 11.1 Å². The Morgan fingerprint density at radius 2 is 1.57 bits per heavy atom. The molecule has 3 aliphatic carbocycles. The number of carbonyl (C=O) groups is 3. The van der Waals surface area contributed by atoms with Crippen LogP contribution in [0, 0.1) is 11.8 Å². The third-order valence-electron chi connectivity index (χ3n) is 7.85. The van der Waals surface area contributed by atoms with Gasteiger partial charge in [-0.25, -0.2) is 4.79 Å². The molecular weight excluding hydrogens is 444 g/mol. The number of aliphatic carboxylic acids is 1. The van der Waals surface area contributed by atoms with E-state index in [-0.39, 0.29) is 48.8 Å². The topological polar surface area (TPSA) is 105 Å². The van der Waals surface area contributed by atoms with Crippen LogP contribution in [-0.2, 0) is 14.3 Å². The highest BCUT2D eigenvalue weighted by molar-refractivity contribution is 5.81. The zero-order valence-electron chi connectivity index (χ0n) is 19.7. The van der Waals surface area contributed by atoms with Crippen LogP contribution >= 0.6 is 0 Å². The Morgan fingerprint density at radius 1 is 0.886 bits per heavy atom. The van der Waals surface area contributed by atoms with Gasteiger partial charge in [0.2, 0.25) is 5.91 Å². The van der Waals surface area contributed by atoms with E-state index in [9.17, 15) is 14.4 Å². The molecule has 0 aliphatic heterocycles. The first-order valence-electron chi connectivity index (χ1n) is 12.6. The highest BCUT2D eigenvalue weighted by Crippen LogP contribution is 2.44. The second-order valence-electron chi connectivity index (χ2n) is 10.1. The summed E-state index contributed by atoms with van der Waals surface area (Å²) < 4.78 is 5.68. The number of nitrogens with one attached hydrogen (secondary N) is 2. The molecule has 2 aromatic rings. The van der Waals surface area contributed by atoms with Gasteiger partial charge in [-0.1, -0.05) is 55.0 Å². The molecular formula is C28H32N2O5. The minimum absolute atomic E-state index is 0.00283. The zero-order valence-corrected chi connectivity index (χ0v) is 19.7. The Balaban J connectivity index is 1.15. The van der Waals surface area contributed by atoms with E-state index in [0.29, 0.717) is 6.42 Å². The average Bonchev–Trinajstić information content (AvgIpc) is 3.55. The van der Waals surface area contributed by atoms with Gasteiger partial charge in [-0.3, -0.25) is 9.59 Å². The van der Waals surface area contributed by atoms with E-state index >= 15 is 0 Å². The molecule has 3 aliphatic rings.